The molecule has 0 radical (unpaired) electrons. The molecule has 7 nitrogen and oxygen atoms in total. The number of hydrogen-bond donors (Lipinski definition) is 2. The molecule has 0 unspecified atom stereocenters. The fraction of sp³-hybridized carbons (Fsp3) is 0.211. The predicted molar refractivity (Wildman–Crippen MR) is 96.0 cm³/mol. The molecule has 0 atom stereocenters. The maximum atomic E-state index is 12.7. The van der Waals surface area contributed by atoms with Crippen LogP contribution in [-0.2, 0) is 9.47 Å². The van der Waals surface area contributed by atoms with Gasteiger partial charge in [0.2, 0.25) is 0 Å². The van der Waals surface area contributed by atoms with Gasteiger partial charge in [-0.2, -0.15) is 5.10 Å². The Balaban J connectivity index is 1.61. The van der Waals surface area contributed by atoms with E-state index in [0.29, 0.717) is 29.7 Å². The summed E-state index contributed by atoms with van der Waals surface area (Å²) in [6, 6.07) is 14.2. The second kappa shape index (κ2) is 7.07. The monoisotopic (exact) mass is 351 g/mol. The number of amides is 1. The van der Waals surface area contributed by atoms with Gasteiger partial charge in [-0.05, 0) is 24.6 Å². The Morgan fingerprint density at radius 2 is 1.85 bits per heavy atom. The molecule has 1 aliphatic rings. The fourth-order valence-electron chi connectivity index (χ4n) is 2.92. The molecule has 0 aliphatic carbocycles. The Hall–Kier alpha value is -3.03. The molecule has 0 spiro atoms. The van der Waals surface area contributed by atoms with E-state index in [9.17, 15) is 9.59 Å². The van der Waals surface area contributed by atoms with E-state index in [1.165, 1.54) is 0 Å². The summed E-state index contributed by atoms with van der Waals surface area (Å²) in [6.07, 6.45) is 0.449. The normalized spacial score (nSPS) is 15.1. The summed E-state index contributed by atoms with van der Waals surface area (Å²) < 4.78 is 11.2. The van der Waals surface area contributed by atoms with Crippen LogP contribution in [0.5, 0.6) is 0 Å². The van der Waals surface area contributed by atoms with E-state index in [1.54, 1.807) is 30.3 Å². The van der Waals surface area contributed by atoms with Crippen molar-refractivity contribution in [2.45, 2.75) is 12.7 Å². The van der Waals surface area contributed by atoms with Crippen LogP contribution in [0.1, 0.15) is 28.8 Å². The minimum absolute atomic E-state index is 0.163. The van der Waals surface area contributed by atoms with E-state index >= 15 is 0 Å². The molecule has 2 aromatic carbocycles. The van der Waals surface area contributed by atoms with Crippen LogP contribution in [0.2, 0.25) is 0 Å². The van der Waals surface area contributed by atoms with Crippen molar-refractivity contribution in [3.63, 3.8) is 0 Å². The van der Waals surface area contributed by atoms with Crippen LogP contribution < -0.4 is 10.9 Å². The lowest BCUT2D eigenvalue weighted by Crippen LogP contribution is -2.20. The quantitative estimate of drug-likeness (QED) is 0.757. The molecule has 0 bridgehead atoms. The third-order valence-electron chi connectivity index (χ3n) is 4.15. The number of anilines is 1. The highest BCUT2D eigenvalue weighted by molar-refractivity contribution is 6.11. The molecular formula is C19H17N3O4. The molecule has 0 saturated carbocycles. The van der Waals surface area contributed by atoms with Gasteiger partial charge in [0, 0.05) is 16.6 Å². The average molecular weight is 351 g/mol. The van der Waals surface area contributed by atoms with E-state index in [4.69, 9.17) is 9.47 Å². The van der Waals surface area contributed by atoms with Gasteiger partial charge in [-0.15, -0.1) is 0 Å². The van der Waals surface area contributed by atoms with E-state index in [-0.39, 0.29) is 11.3 Å². The van der Waals surface area contributed by atoms with Gasteiger partial charge in [0.05, 0.1) is 18.6 Å². The van der Waals surface area contributed by atoms with Crippen molar-refractivity contribution in [2.75, 3.05) is 18.5 Å². The number of aromatic amines is 1. The van der Waals surface area contributed by atoms with Gasteiger partial charge in [-0.1, -0.05) is 30.3 Å². The molecule has 1 saturated heterocycles. The standard InChI is InChI=1S/C19H17N3O4/c23-17-15-8-2-1-7-14(15)16(21-22-17)18(24)20-13-6-3-5-12(11-13)19-25-9-4-10-26-19/h1-3,5-8,11,19H,4,9-10H2,(H,20,24)(H,22,23). The van der Waals surface area contributed by atoms with Crippen LogP contribution in [0.4, 0.5) is 5.69 Å². The molecule has 3 aromatic rings. The molecule has 1 aromatic heterocycles. The molecule has 1 aliphatic heterocycles. The molecular weight excluding hydrogens is 334 g/mol. The highest BCUT2D eigenvalue weighted by atomic mass is 16.7. The van der Waals surface area contributed by atoms with E-state index in [0.717, 1.165) is 12.0 Å². The molecule has 132 valence electrons. The molecule has 7 heteroatoms. The zero-order valence-corrected chi connectivity index (χ0v) is 13.9. The second-order valence-corrected chi connectivity index (χ2v) is 5.95. The van der Waals surface area contributed by atoms with Crippen LogP contribution in [0.3, 0.4) is 0 Å². The van der Waals surface area contributed by atoms with Crippen molar-refractivity contribution in [2.24, 2.45) is 0 Å². The SMILES string of the molecule is O=C(Nc1cccc(C2OCCCO2)c1)c1n[nH]c(=O)c2ccccc12. The molecule has 2 heterocycles. The summed E-state index contributed by atoms with van der Waals surface area (Å²) in [5, 5.41) is 10.0. The summed E-state index contributed by atoms with van der Waals surface area (Å²) in [5.41, 5.74) is 1.27. The van der Waals surface area contributed by atoms with Gasteiger partial charge in [0.25, 0.3) is 11.5 Å². The number of H-pyrrole nitrogens is 1. The van der Waals surface area contributed by atoms with Crippen molar-refractivity contribution in [3.8, 4) is 0 Å². The Morgan fingerprint density at radius 3 is 2.65 bits per heavy atom. The molecule has 1 fully saturated rings. The number of rotatable bonds is 3. The van der Waals surface area contributed by atoms with Crippen molar-refractivity contribution in [3.05, 3.63) is 70.1 Å². The summed E-state index contributed by atoms with van der Waals surface area (Å²) in [7, 11) is 0. The number of carbonyl (C=O) groups excluding carboxylic acids is 1. The predicted octanol–water partition coefficient (Wildman–Crippen LogP) is 2.61. The lowest BCUT2D eigenvalue weighted by molar-refractivity contribution is -0.183. The fourth-order valence-corrected chi connectivity index (χ4v) is 2.92. The largest absolute Gasteiger partial charge is 0.348 e. The number of hydrogen-bond acceptors (Lipinski definition) is 5. The highest BCUT2D eigenvalue weighted by Gasteiger charge is 2.18. The summed E-state index contributed by atoms with van der Waals surface area (Å²) in [5.74, 6) is -0.403. The number of benzene rings is 2. The van der Waals surface area contributed by atoms with Crippen molar-refractivity contribution < 1.29 is 14.3 Å². The lowest BCUT2D eigenvalue weighted by atomic mass is 10.1. The number of fused-ring (bicyclic) bond motifs is 1. The van der Waals surface area contributed by atoms with Crippen LogP contribution >= 0.6 is 0 Å². The third kappa shape index (κ3) is 3.22. The van der Waals surface area contributed by atoms with Crippen LogP contribution in [0.15, 0.2) is 53.3 Å². The Bertz CT molecular complexity index is 1010. The number of ether oxygens (including phenoxy) is 2. The highest BCUT2D eigenvalue weighted by Crippen LogP contribution is 2.25. The van der Waals surface area contributed by atoms with Crippen molar-refractivity contribution in [1.29, 1.82) is 0 Å². The molecule has 26 heavy (non-hydrogen) atoms. The minimum Gasteiger partial charge on any atom is -0.348 e. The van der Waals surface area contributed by atoms with E-state index < -0.39 is 12.2 Å². The van der Waals surface area contributed by atoms with Crippen molar-refractivity contribution >= 4 is 22.4 Å². The summed E-state index contributed by atoms with van der Waals surface area (Å²) >= 11 is 0. The first-order valence-corrected chi connectivity index (χ1v) is 8.34. The first-order chi connectivity index (χ1) is 12.7. The topological polar surface area (TPSA) is 93.3 Å². The lowest BCUT2D eigenvalue weighted by Gasteiger charge is -2.23. The second-order valence-electron chi connectivity index (χ2n) is 5.95. The van der Waals surface area contributed by atoms with Crippen LogP contribution in [-0.4, -0.2) is 29.3 Å². The third-order valence-corrected chi connectivity index (χ3v) is 4.15. The number of carbonyl (C=O) groups is 1. The van der Waals surface area contributed by atoms with Gasteiger partial charge in [-0.25, -0.2) is 5.10 Å². The van der Waals surface area contributed by atoms with Gasteiger partial charge in [0.15, 0.2) is 12.0 Å². The van der Waals surface area contributed by atoms with Crippen molar-refractivity contribution in [1.82, 2.24) is 10.2 Å². The summed E-state index contributed by atoms with van der Waals surface area (Å²) in [4.78, 5) is 24.5. The van der Waals surface area contributed by atoms with Gasteiger partial charge in [-0.3, -0.25) is 9.59 Å². The minimum atomic E-state index is -0.423. The zero-order chi connectivity index (χ0) is 17.9. The maximum Gasteiger partial charge on any atom is 0.276 e. The van der Waals surface area contributed by atoms with Gasteiger partial charge < -0.3 is 14.8 Å². The number of nitrogens with zero attached hydrogens (tertiary/aromatic N) is 1. The molecule has 2 N–H and O–H groups in total. The number of nitrogens with one attached hydrogen (secondary N) is 2. The van der Waals surface area contributed by atoms with Gasteiger partial charge in [0.1, 0.15) is 0 Å². The van der Waals surface area contributed by atoms with Crippen LogP contribution in [0.25, 0.3) is 10.8 Å². The Kier molecular flexibility index (Phi) is 4.47. The van der Waals surface area contributed by atoms with Gasteiger partial charge >= 0.3 is 0 Å². The van der Waals surface area contributed by atoms with E-state index in [2.05, 4.69) is 15.5 Å². The van der Waals surface area contributed by atoms with Crippen LogP contribution in [0, 0.1) is 0 Å². The number of aromatic nitrogens is 2. The average Bonchev–Trinajstić information content (AvgIpc) is 2.69. The summed E-state index contributed by atoms with van der Waals surface area (Å²) in [6.45, 7) is 1.29. The molecule has 1 amide bonds. The first kappa shape index (κ1) is 16.4. The maximum absolute atomic E-state index is 12.7. The molecule has 4 rings (SSSR count). The first-order valence-electron chi connectivity index (χ1n) is 8.34. The smallest absolute Gasteiger partial charge is 0.276 e. The Labute approximate surface area is 148 Å². The zero-order valence-electron chi connectivity index (χ0n) is 13.9. The Morgan fingerprint density at radius 1 is 1.08 bits per heavy atom. The van der Waals surface area contributed by atoms with E-state index in [1.807, 2.05) is 18.2 Å².